The molecule has 2 aromatic rings. The van der Waals surface area contributed by atoms with Gasteiger partial charge < -0.3 is 9.80 Å². The number of nitrogens with zero attached hydrogens (tertiary/aromatic N) is 4. The van der Waals surface area contributed by atoms with Crippen LogP contribution in [0.2, 0.25) is 0 Å². The fraction of sp³-hybridized carbons (Fsp3) is 0.636. The number of anilines is 1. The van der Waals surface area contributed by atoms with Crippen molar-refractivity contribution in [2.75, 3.05) is 44.7 Å². The molecule has 5 nitrogen and oxygen atoms in total. The maximum atomic E-state index is 12.9. The Morgan fingerprint density at radius 3 is 2.46 bits per heavy atom. The molecule has 1 saturated carbocycles. The summed E-state index contributed by atoms with van der Waals surface area (Å²) in [5.41, 5.74) is 3.52. The normalized spacial score (nSPS) is 19.3. The Morgan fingerprint density at radius 2 is 1.79 bits per heavy atom. The molecule has 152 valence electrons. The Morgan fingerprint density at radius 1 is 1.11 bits per heavy atom. The predicted octanol–water partition coefficient (Wildman–Crippen LogP) is 3.83. The standard InChI is InChI=1S/C22H32N4OS/c1-16-9-10-17(2)21-20(16)23-22(28-21)24(3)15-19(27)26-13-11-25(12-14-26)18-7-5-4-6-8-18/h9-10,18H,4-8,11-15H2,1-3H3. The van der Waals surface area contributed by atoms with E-state index in [1.54, 1.807) is 11.3 Å². The Bertz CT molecular complexity index is 795. The number of fused-ring (bicyclic) bond motifs is 1. The number of amides is 1. The number of hydrogen-bond acceptors (Lipinski definition) is 5. The molecule has 0 bridgehead atoms. The summed E-state index contributed by atoms with van der Waals surface area (Å²) in [5.74, 6) is 0.221. The van der Waals surface area contributed by atoms with Crippen LogP contribution in [0.25, 0.3) is 10.2 Å². The van der Waals surface area contributed by atoms with Crippen LogP contribution in [0.15, 0.2) is 12.1 Å². The molecule has 28 heavy (non-hydrogen) atoms. The number of thiazole rings is 1. The molecule has 6 heteroatoms. The number of carbonyl (C=O) groups is 1. The minimum absolute atomic E-state index is 0.221. The minimum atomic E-state index is 0.221. The van der Waals surface area contributed by atoms with Crippen molar-refractivity contribution in [3.63, 3.8) is 0 Å². The maximum Gasteiger partial charge on any atom is 0.242 e. The highest BCUT2D eigenvalue weighted by Crippen LogP contribution is 2.32. The number of aryl methyl sites for hydroxylation is 2. The van der Waals surface area contributed by atoms with Crippen LogP contribution < -0.4 is 4.90 Å². The van der Waals surface area contributed by atoms with Gasteiger partial charge in [0.25, 0.3) is 0 Å². The molecule has 2 aliphatic rings. The third kappa shape index (κ3) is 4.03. The van der Waals surface area contributed by atoms with Gasteiger partial charge >= 0.3 is 0 Å². The topological polar surface area (TPSA) is 39.7 Å². The lowest BCUT2D eigenvalue weighted by Crippen LogP contribution is -2.53. The van der Waals surface area contributed by atoms with Crippen LogP contribution in [0.4, 0.5) is 5.13 Å². The van der Waals surface area contributed by atoms with E-state index < -0.39 is 0 Å². The number of benzene rings is 1. The van der Waals surface area contributed by atoms with Crippen LogP contribution in [0.1, 0.15) is 43.2 Å². The quantitative estimate of drug-likeness (QED) is 0.782. The molecule has 1 aromatic carbocycles. The van der Waals surface area contributed by atoms with E-state index in [1.807, 2.05) is 16.8 Å². The molecular weight excluding hydrogens is 368 g/mol. The summed E-state index contributed by atoms with van der Waals surface area (Å²) in [6.07, 6.45) is 6.82. The zero-order valence-electron chi connectivity index (χ0n) is 17.4. The average Bonchev–Trinajstić information content (AvgIpc) is 3.19. The summed E-state index contributed by atoms with van der Waals surface area (Å²) >= 11 is 1.69. The van der Waals surface area contributed by atoms with E-state index in [0.29, 0.717) is 6.54 Å². The molecule has 0 radical (unpaired) electrons. The van der Waals surface area contributed by atoms with E-state index in [1.165, 1.54) is 47.9 Å². The summed E-state index contributed by atoms with van der Waals surface area (Å²) in [5, 5.41) is 0.932. The lowest BCUT2D eigenvalue weighted by atomic mass is 9.94. The third-order valence-electron chi connectivity index (χ3n) is 6.39. The van der Waals surface area contributed by atoms with Crippen molar-refractivity contribution in [2.45, 2.75) is 52.0 Å². The van der Waals surface area contributed by atoms with Crippen molar-refractivity contribution in [1.82, 2.24) is 14.8 Å². The van der Waals surface area contributed by atoms with E-state index in [0.717, 1.165) is 42.9 Å². The summed E-state index contributed by atoms with van der Waals surface area (Å²) in [6.45, 7) is 8.41. The highest BCUT2D eigenvalue weighted by Gasteiger charge is 2.27. The highest BCUT2D eigenvalue weighted by molar-refractivity contribution is 7.22. The van der Waals surface area contributed by atoms with Crippen LogP contribution >= 0.6 is 11.3 Å². The minimum Gasteiger partial charge on any atom is -0.342 e. The van der Waals surface area contributed by atoms with Crippen molar-refractivity contribution < 1.29 is 4.79 Å². The van der Waals surface area contributed by atoms with Gasteiger partial charge in [0.05, 0.1) is 16.8 Å². The molecular formula is C22H32N4OS. The Labute approximate surface area is 172 Å². The lowest BCUT2D eigenvalue weighted by molar-refractivity contribution is -0.131. The van der Waals surface area contributed by atoms with E-state index >= 15 is 0 Å². The van der Waals surface area contributed by atoms with Crippen molar-refractivity contribution in [1.29, 1.82) is 0 Å². The summed E-state index contributed by atoms with van der Waals surface area (Å²) in [7, 11) is 1.98. The largest absolute Gasteiger partial charge is 0.342 e. The molecule has 0 atom stereocenters. The average molecular weight is 401 g/mol. The van der Waals surface area contributed by atoms with Gasteiger partial charge in [0.1, 0.15) is 0 Å². The number of likely N-dealkylation sites (N-methyl/N-ethyl adjacent to an activating group) is 1. The molecule has 1 aromatic heterocycles. The SMILES string of the molecule is Cc1ccc(C)c2sc(N(C)CC(=O)N3CCN(C4CCCCC4)CC3)nc12. The van der Waals surface area contributed by atoms with Crippen LogP contribution in [0.3, 0.4) is 0 Å². The zero-order chi connectivity index (χ0) is 19.7. The summed E-state index contributed by atoms with van der Waals surface area (Å²) < 4.78 is 1.23. The van der Waals surface area contributed by atoms with Gasteiger partial charge in [-0.1, -0.05) is 42.7 Å². The first-order valence-corrected chi connectivity index (χ1v) is 11.4. The van der Waals surface area contributed by atoms with Crippen molar-refractivity contribution in [3.05, 3.63) is 23.3 Å². The summed E-state index contributed by atoms with van der Waals surface area (Å²) in [6, 6.07) is 5.03. The number of piperazine rings is 1. The van der Waals surface area contributed by atoms with Gasteiger partial charge in [0, 0.05) is 39.3 Å². The molecule has 0 spiro atoms. The lowest BCUT2D eigenvalue weighted by Gasteiger charge is -2.41. The molecule has 0 unspecified atom stereocenters. The highest BCUT2D eigenvalue weighted by atomic mass is 32.1. The second-order valence-electron chi connectivity index (χ2n) is 8.44. The second kappa shape index (κ2) is 8.37. The number of rotatable bonds is 4. The third-order valence-corrected chi connectivity index (χ3v) is 7.69. The zero-order valence-corrected chi connectivity index (χ0v) is 18.2. The first-order valence-electron chi connectivity index (χ1n) is 10.6. The van der Waals surface area contributed by atoms with E-state index in [2.05, 4.69) is 30.9 Å². The monoisotopic (exact) mass is 400 g/mol. The van der Waals surface area contributed by atoms with Gasteiger partial charge in [-0.2, -0.15) is 0 Å². The maximum absolute atomic E-state index is 12.9. The number of hydrogen-bond donors (Lipinski definition) is 0. The smallest absolute Gasteiger partial charge is 0.242 e. The van der Waals surface area contributed by atoms with Crippen molar-refractivity contribution in [3.8, 4) is 0 Å². The Kier molecular flexibility index (Phi) is 5.88. The second-order valence-corrected chi connectivity index (χ2v) is 9.42. The molecule has 1 amide bonds. The summed E-state index contributed by atoms with van der Waals surface area (Å²) in [4.78, 5) is 24.3. The molecule has 1 saturated heterocycles. The van der Waals surface area contributed by atoms with E-state index in [9.17, 15) is 4.79 Å². The molecule has 0 N–H and O–H groups in total. The van der Waals surface area contributed by atoms with Crippen molar-refractivity contribution >= 4 is 32.6 Å². The predicted molar refractivity (Wildman–Crippen MR) is 117 cm³/mol. The first-order chi connectivity index (χ1) is 13.5. The van der Waals surface area contributed by atoms with E-state index in [-0.39, 0.29) is 5.91 Å². The van der Waals surface area contributed by atoms with Crippen LogP contribution in [-0.4, -0.2) is 66.5 Å². The van der Waals surface area contributed by atoms with Gasteiger partial charge in [-0.3, -0.25) is 9.69 Å². The van der Waals surface area contributed by atoms with Gasteiger partial charge in [0.2, 0.25) is 5.91 Å². The van der Waals surface area contributed by atoms with Crippen LogP contribution in [-0.2, 0) is 4.79 Å². The number of aromatic nitrogens is 1. The first kappa shape index (κ1) is 19.6. The molecule has 1 aliphatic carbocycles. The van der Waals surface area contributed by atoms with Crippen LogP contribution in [0, 0.1) is 13.8 Å². The van der Waals surface area contributed by atoms with E-state index in [4.69, 9.17) is 4.98 Å². The van der Waals surface area contributed by atoms with Gasteiger partial charge in [0.15, 0.2) is 5.13 Å². The van der Waals surface area contributed by atoms with Gasteiger partial charge in [-0.05, 0) is 37.8 Å². The molecule has 4 rings (SSSR count). The number of carbonyl (C=O) groups excluding carboxylic acids is 1. The molecule has 2 fully saturated rings. The van der Waals surface area contributed by atoms with Gasteiger partial charge in [-0.25, -0.2) is 4.98 Å². The Hall–Kier alpha value is -1.66. The molecule has 1 aliphatic heterocycles. The van der Waals surface area contributed by atoms with Crippen LogP contribution in [0.5, 0.6) is 0 Å². The Balaban J connectivity index is 1.35. The molecule has 2 heterocycles. The fourth-order valence-corrected chi connectivity index (χ4v) is 5.64. The fourth-order valence-electron chi connectivity index (χ4n) is 4.56. The van der Waals surface area contributed by atoms with Crippen molar-refractivity contribution in [2.24, 2.45) is 0 Å². The van der Waals surface area contributed by atoms with Gasteiger partial charge in [-0.15, -0.1) is 0 Å².